The quantitative estimate of drug-likeness (QED) is 0.797. The fourth-order valence-corrected chi connectivity index (χ4v) is 3.81. The molecule has 0 atom stereocenters. The second kappa shape index (κ2) is 6.85. The monoisotopic (exact) mass is 389 g/mol. The van der Waals surface area contributed by atoms with Crippen LogP contribution in [0.2, 0.25) is 0 Å². The number of hydrogen-bond donors (Lipinski definition) is 1. The number of methoxy groups -OCH3 is 1. The van der Waals surface area contributed by atoms with Crippen LogP contribution in [-0.4, -0.2) is 33.8 Å². The average molecular weight is 389 g/mol. The summed E-state index contributed by atoms with van der Waals surface area (Å²) in [6.07, 6.45) is 0. The van der Waals surface area contributed by atoms with Crippen molar-refractivity contribution < 1.29 is 22.5 Å². The zero-order chi connectivity index (χ0) is 19.9. The lowest BCUT2D eigenvalue weighted by molar-refractivity contribution is 0.00578. The van der Waals surface area contributed by atoms with Gasteiger partial charge in [0.25, 0.3) is 10.0 Å². The van der Waals surface area contributed by atoms with E-state index in [0.717, 1.165) is 5.46 Å². The molecule has 3 rings (SSSR count). The van der Waals surface area contributed by atoms with Gasteiger partial charge in [0.1, 0.15) is 5.75 Å². The van der Waals surface area contributed by atoms with E-state index in [1.54, 1.807) is 36.4 Å². The molecule has 1 heterocycles. The van der Waals surface area contributed by atoms with Gasteiger partial charge in [0.05, 0.1) is 28.9 Å². The number of anilines is 1. The molecule has 27 heavy (non-hydrogen) atoms. The maximum absolute atomic E-state index is 12.6. The van der Waals surface area contributed by atoms with Crippen molar-refractivity contribution in [1.29, 1.82) is 0 Å². The maximum Gasteiger partial charge on any atom is 0.494 e. The van der Waals surface area contributed by atoms with Gasteiger partial charge in [-0.1, -0.05) is 24.3 Å². The molecule has 0 aromatic heterocycles. The van der Waals surface area contributed by atoms with Gasteiger partial charge in [0.15, 0.2) is 0 Å². The fraction of sp³-hybridized carbons (Fsp3) is 0.368. The van der Waals surface area contributed by atoms with Gasteiger partial charge in [-0.3, -0.25) is 4.72 Å². The zero-order valence-corrected chi connectivity index (χ0v) is 17.0. The molecule has 0 spiro atoms. The third-order valence-electron chi connectivity index (χ3n) is 5.05. The predicted octanol–water partition coefficient (Wildman–Crippen LogP) is 2.80. The van der Waals surface area contributed by atoms with Crippen LogP contribution in [0.25, 0.3) is 0 Å². The minimum Gasteiger partial charge on any atom is -0.495 e. The smallest absolute Gasteiger partial charge is 0.494 e. The molecule has 8 heteroatoms. The summed E-state index contributed by atoms with van der Waals surface area (Å²) in [5.74, 6) is 0.390. The van der Waals surface area contributed by atoms with E-state index < -0.39 is 28.3 Å². The number of hydrogen-bond acceptors (Lipinski definition) is 5. The lowest BCUT2D eigenvalue weighted by Crippen LogP contribution is -2.41. The van der Waals surface area contributed by atoms with Crippen LogP contribution in [0.15, 0.2) is 53.4 Å². The summed E-state index contributed by atoms with van der Waals surface area (Å²) in [5, 5.41) is 0. The zero-order valence-electron chi connectivity index (χ0n) is 16.1. The average Bonchev–Trinajstić information content (AvgIpc) is 2.83. The molecule has 2 aromatic carbocycles. The van der Waals surface area contributed by atoms with Crippen LogP contribution in [0.1, 0.15) is 27.7 Å². The molecule has 1 aliphatic rings. The van der Waals surface area contributed by atoms with Crippen LogP contribution in [0.4, 0.5) is 5.69 Å². The summed E-state index contributed by atoms with van der Waals surface area (Å²) in [5.41, 5.74) is 0.187. The standard InChI is InChI=1S/C19H24BNO5S/c1-18(2)19(3,4)26-20(25-18)14-11-12-16(17(13-14)24-5)21-27(22,23)15-9-7-6-8-10-15/h6-13,21H,1-5H3. The molecular weight excluding hydrogens is 365 g/mol. The molecule has 1 fully saturated rings. The van der Waals surface area contributed by atoms with Gasteiger partial charge >= 0.3 is 7.12 Å². The molecule has 2 aromatic rings. The van der Waals surface area contributed by atoms with Gasteiger partial charge in [0, 0.05) is 0 Å². The van der Waals surface area contributed by atoms with Crippen LogP contribution >= 0.6 is 0 Å². The molecule has 0 aliphatic carbocycles. The van der Waals surface area contributed by atoms with Gasteiger partial charge in [-0.05, 0) is 57.4 Å². The van der Waals surface area contributed by atoms with Crippen LogP contribution in [-0.2, 0) is 19.3 Å². The van der Waals surface area contributed by atoms with Crippen LogP contribution in [0, 0.1) is 0 Å². The maximum atomic E-state index is 12.6. The van der Waals surface area contributed by atoms with Crippen LogP contribution < -0.4 is 14.9 Å². The summed E-state index contributed by atoms with van der Waals surface area (Å²) < 4.78 is 45.2. The lowest BCUT2D eigenvalue weighted by atomic mass is 9.79. The summed E-state index contributed by atoms with van der Waals surface area (Å²) in [6, 6.07) is 13.3. The Bertz CT molecular complexity index is 912. The molecule has 0 bridgehead atoms. The Kier molecular flexibility index (Phi) is 5.01. The largest absolute Gasteiger partial charge is 0.495 e. The first-order valence-electron chi connectivity index (χ1n) is 8.67. The Morgan fingerprint density at radius 1 is 0.963 bits per heavy atom. The number of ether oxygens (including phenoxy) is 1. The number of rotatable bonds is 5. The third kappa shape index (κ3) is 3.83. The van der Waals surface area contributed by atoms with E-state index in [1.807, 2.05) is 27.7 Å². The van der Waals surface area contributed by atoms with Gasteiger partial charge in [-0.2, -0.15) is 0 Å². The van der Waals surface area contributed by atoms with Crippen molar-refractivity contribution in [2.75, 3.05) is 11.8 Å². The Balaban J connectivity index is 1.88. The highest BCUT2D eigenvalue weighted by molar-refractivity contribution is 7.92. The minimum atomic E-state index is -3.71. The van der Waals surface area contributed by atoms with Crippen molar-refractivity contribution in [3.05, 3.63) is 48.5 Å². The molecule has 0 radical (unpaired) electrons. The highest BCUT2D eigenvalue weighted by Crippen LogP contribution is 2.37. The first-order chi connectivity index (χ1) is 12.6. The van der Waals surface area contributed by atoms with Crippen molar-refractivity contribution in [3.8, 4) is 5.75 Å². The topological polar surface area (TPSA) is 73.9 Å². The highest BCUT2D eigenvalue weighted by Gasteiger charge is 2.51. The second-order valence-corrected chi connectivity index (χ2v) is 9.15. The van der Waals surface area contributed by atoms with E-state index in [0.29, 0.717) is 11.4 Å². The Morgan fingerprint density at radius 3 is 2.11 bits per heavy atom. The van der Waals surface area contributed by atoms with Gasteiger partial charge in [0.2, 0.25) is 0 Å². The predicted molar refractivity (Wildman–Crippen MR) is 106 cm³/mol. The second-order valence-electron chi connectivity index (χ2n) is 7.47. The van der Waals surface area contributed by atoms with E-state index in [4.69, 9.17) is 14.0 Å². The van der Waals surface area contributed by atoms with E-state index in [9.17, 15) is 8.42 Å². The third-order valence-corrected chi connectivity index (χ3v) is 6.43. The summed E-state index contributed by atoms with van der Waals surface area (Å²) in [4.78, 5) is 0.182. The number of sulfonamides is 1. The summed E-state index contributed by atoms with van der Waals surface area (Å²) >= 11 is 0. The van der Waals surface area contributed by atoms with Crippen molar-refractivity contribution in [2.45, 2.75) is 43.8 Å². The molecule has 1 aliphatic heterocycles. The van der Waals surface area contributed by atoms with Crippen LogP contribution in [0.3, 0.4) is 0 Å². The Morgan fingerprint density at radius 2 is 1.56 bits per heavy atom. The first kappa shape index (κ1) is 19.7. The SMILES string of the molecule is COc1cc(B2OC(C)(C)C(C)(C)O2)ccc1NS(=O)(=O)c1ccccc1. The molecule has 1 N–H and O–H groups in total. The Labute approximate surface area is 161 Å². The molecule has 0 saturated carbocycles. The molecule has 0 amide bonds. The molecule has 1 saturated heterocycles. The molecule has 0 unspecified atom stereocenters. The Hall–Kier alpha value is -2.03. The van der Waals surface area contributed by atoms with E-state index in [1.165, 1.54) is 19.2 Å². The first-order valence-corrected chi connectivity index (χ1v) is 10.2. The van der Waals surface area contributed by atoms with E-state index in [-0.39, 0.29) is 4.90 Å². The number of nitrogens with one attached hydrogen (secondary N) is 1. The van der Waals surface area contributed by atoms with Crippen molar-refractivity contribution >= 4 is 28.3 Å². The number of benzene rings is 2. The van der Waals surface area contributed by atoms with Crippen molar-refractivity contribution in [1.82, 2.24) is 0 Å². The summed E-state index contributed by atoms with van der Waals surface area (Å²) in [6.45, 7) is 7.92. The van der Waals surface area contributed by atoms with Crippen LogP contribution in [0.5, 0.6) is 5.75 Å². The molecule has 6 nitrogen and oxygen atoms in total. The highest BCUT2D eigenvalue weighted by atomic mass is 32.2. The molecule has 144 valence electrons. The van der Waals surface area contributed by atoms with E-state index >= 15 is 0 Å². The fourth-order valence-electron chi connectivity index (χ4n) is 2.72. The minimum absolute atomic E-state index is 0.182. The van der Waals surface area contributed by atoms with E-state index in [2.05, 4.69) is 4.72 Å². The lowest BCUT2D eigenvalue weighted by Gasteiger charge is -2.32. The van der Waals surface area contributed by atoms with Gasteiger partial charge in [-0.25, -0.2) is 8.42 Å². The molecular formula is C19H24BNO5S. The normalized spacial score (nSPS) is 18.3. The van der Waals surface area contributed by atoms with Gasteiger partial charge in [-0.15, -0.1) is 0 Å². The van der Waals surface area contributed by atoms with Crippen molar-refractivity contribution in [2.24, 2.45) is 0 Å². The summed E-state index contributed by atoms with van der Waals surface area (Å²) in [7, 11) is -2.77. The van der Waals surface area contributed by atoms with Gasteiger partial charge < -0.3 is 14.0 Å². The van der Waals surface area contributed by atoms with Crippen molar-refractivity contribution in [3.63, 3.8) is 0 Å².